The zero-order valence-corrected chi connectivity index (χ0v) is 14.4. The van der Waals surface area contributed by atoms with Crippen molar-refractivity contribution in [2.24, 2.45) is 4.99 Å². The van der Waals surface area contributed by atoms with Crippen molar-refractivity contribution < 1.29 is 31.4 Å². The Morgan fingerprint density at radius 1 is 1.04 bits per heavy atom. The minimum atomic E-state index is -5.90. The fraction of sp³-hybridized carbons (Fsp3) is 0.533. The van der Waals surface area contributed by atoms with Crippen LogP contribution in [0.3, 0.4) is 0 Å². The molecule has 0 saturated heterocycles. The van der Waals surface area contributed by atoms with Gasteiger partial charge in [-0.1, -0.05) is 23.9 Å². The molecule has 140 valence electrons. The molecule has 1 heterocycles. The third-order valence-electron chi connectivity index (χ3n) is 3.92. The number of aliphatic imine (C=N–C) groups is 1. The van der Waals surface area contributed by atoms with Crippen molar-refractivity contribution in [2.45, 2.75) is 31.8 Å². The van der Waals surface area contributed by atoms with E-state index in [4.69, 9.17) is 0 Å². The van der Waals surface area contributed by atoms with Crippen molar-refractivity contribution >= 4 is 22.6 Å². The van der Waals surface area contributed by atoms with Crippen LogP contribution in [0.2, 0.25) is 0 Å². The molecule has 2 rings (SSSR count). The highest BCUT2D eigenvalue weighted by Crippen LogP contribution is 2.51. The maximum absolute atomic E-state index is 13.1. The third-order valence-corrected chi connectivity index (χ3v) is 4.97. The summed E-state index contributed by atoms with van der Waals surface area (Å²) in [5, 5.41) is 10.2. The zero-order valence-electron chi connectivity index (χ0n) is 13.6. The molecule has 1 aliphatic rings. The normalized spacial score (nSPS) is 16.2. The average molecular weight is 386 g/mol. The zero-order chi connectivity index (χ0) is 19.2. The Labute approximate surface area is 144 Å². The van der Waals surface area contributed by atoms with E-state index in [1.807, 2.05) is 0 Å². The molecular weight excluding hydrogens is 370 g/mol. The monoisotopic (exact) mass is 386 g/mol. The van der Waals surface area contributed by atoms with Gasteiger partial charge >= 0.3 is 12.4 Å². The molecule has 0 spiro atoms. The summed E-state index contributed by atoms with van der Waals surface area (Å²) in [4.78, 5) is 5.87. The van der Waals surface area contributed by atoms with Crippen molar-refractivity contribution in [3.63, 3.8) is 0 Å². The van der Waals surface area contributed by atoms with Gasteiger partial charge in [-0.15, -0.1) is 0 Å². The average Bonchev–Trinajstić information content (AvgIpc) is 2.96. The Kier molecular flexibility index (Phi) is 5.08. The molecule has 0 amide bonds. The molecule has 0 radical (unpaired) electrons. The molecule has 1 aromatic rings. The predicted molar refractivity (Wildman–Crippen MR) is 85.1 cm³/mol. The minimum absolute atomic E-state index is 0.180. The Balaban J connectivity index is 2.59. The van der Waals surface area contributed by atoms with Gasteiger partial charge in [0, 0.05) is 24.1 Å². The van der Waals surface area contributed by atoms with Crippen LogP contribution in [0.15, 0.2) is 17.1 Å². The summed E-state index contributed by atoms with van der Waals surface area (Å²) in [6, 6.07) is 1.44. The van der Waals surface area contributed by atoms with Crippen molar-refractivity contribution in [1.82, 2.24) is 0 Å². The molecular formula is C15H16F6N2OS. The van der Waals surface area contributed by atoms with Gasteiger partial charge in [-0.25, -0.2) is 0 Å². The fourth-order valence-electron chi connectivity index (χ4n) is 2.80. The molecule has 1 aromatic carbocycles. The van der Waals surface area contributed by atoms with E-state index in [1.54, 1.807) is 11.9 Å². The highest BCUT2D eigenvalue weighted by atomic mass is 32.2. The maximum atomic E-state index is 13.1. The second-order valence-electron chi connectivity index (χ2n) is 5.74. The molecule has 1 aliphatic heterocycles. The number of alkyl halides is 6. The number of aliphatic hydroxyl groups is 1. The second-order valence-corrected chi connectivity index (χ2v) is 6.80. The number of amidine groups is 1. The Hall–Kier alpha value is -1.42. The van der Waals surface area contributed by atoms with Crippen LogP contribution in [0.5, 0.6) is 0 Å². The molecule has 0 fully saturated rings. The van der Waals surface area contributed by atoms with Gasteiger partial charge in [-0.2, -0.15) is 26.3 Å². The van der Waals surface area contributed by atoms with Crippen LogP contribution < -0.4 is 4.90 Å². The van der Waals surface area contributed by atoms with E-state index in [-0.39, 0.29) is 11.1 Å². The number of halogens is 6. The van der Waals surface area contributed by atoms with Crippen molar-refractivity contribution in [3.05, 3.63) is 28.8 Å². The first-order chi connectivity index (χ1) is 11.3. The number of anilines is 1. The summed E-state index contributed by atoms with van der Waals surface area (Å²) in [7, 11) is 1.64. The molecule has 10 heteroatoms. The van der Waals surface area contributed by atoms with Crippen LogP contribution >= 0.6 is 11.8 Å². The molecule has 0 unspecified atom stereocenters. The first kappa shape index (κ1) is 19.9. The summed E-state index contributed by atoms with van der Waals surface area (Å²) < 4.78 is 78.3. The van der Waals surface area contributed by atoms with Crippen LogP contribution in [0, 0.1) is 13.8 Å². The van der Waals surface area contributed by atoms with Gasteiger partial charge in [0.05, 0.1) is 6.54 Å². The van der Waals surface area contributed by atoms with Crippen molar-refractivity contribution in [2.75, 3.05) is 24.2 Å². The van der Waals surface area contributed by atoms with E-state index in [0.717, 1.165) is 17.9 Å². The Morgan fingerprint density at radius 2 is 1.52 bits per heavy atom. The number of benzene rings is 1. The maximum Gasteiger partial charge on any atom is 0.430 e. The number of thioether (sulfide) groups is 1. The second kappa shape index (κ2) is 6.39. The minimum Gasteiger partial charge on any atom is -0.369 e. The van der Waals surface area contributed by atoms with Crippen LogP contribution in [-0.4, -0.2) is 42.0 Å². The van der Waals surface area contributed by atoms with E-state index in [1.165, 1.54) is 25.6 Å². The van der Waals surface area contributed by atoms with Gasteiger partial charge in [0.15, 0.2) is 5.17 Å². The summed E-state index contributed by atoms with van der Waals surface area (Å²) >= 11 is 1.45. The SMILES string of the molecule is Cc1cc(C(O)(C(F)(F)F)C(F)(F)F)cc(C)c1N(C)C1=NCCS1. The van der Waals surface area contributed by atoms with E-state index >= 15 is 0 Å². The number of nitrogens with zero attached hydrogens (tertiary/aromatic N) is 2. The topological polar surface area (TPSA) is 35.8 Å². The first-order valence-electron chi connectivity index (χ1n) is 7.19. The van der Waals surface area contributed by atoms with E-state index in [0.29, 0.717) is 17.4 Å². The molecule has 0 saturated carbocycles. The predicted octanol–water partition coefficient (Wildman–Crippen LogP) is 4.15. The largest absolute Gasteiger partial charge is 0.430 e. The van der Waals surface area contributed by atoms with E-state index in [2.05, 4.69) is 4.99 Å². The molecule has 0 aliphatic carbocycles. The van der Waals surface area contributed by atoms with Gasteiger partial charge in [0.1, 0.15) is 0 Å². The summed E-state index contributed by atoms with van der Waals surface area (Å²) in [6.45, 7) is 3.40. The molecule has 3 nitrogen and oxygen atoms in total. The number of hydrogen-bond acceptors (Lipinski definition) is 4. The fourth-order valence-corrected chi connectivity index (χ4v) is 3.64. The van der Waals surface area contributed by atoms with Crippen LogP contribution in [0.25, 0.3) is 0 Å². The molecule has 0 bridgehead atoms. The lowest BCUT2D eigenvalue weighted by Gasteiger charge is -2.34. The first-order valence-corrected chi connectivity index (χ1v) is 8.17. The molecule has 25 heavy (non-hydrogen) atoms. The lowest BCUT2D eigenvalue weighted by Crippen LogP contribution is -2.54. The number of aryl methyl sites for hydroxylation is 2. The van der Waals surface area contributed by atoms with E-state index in [9.17, 15) is 31.4 Å². The van der Waals surface area contributed by atoms with Crippen molar-refractivity contribution in [1.29, 1.82) is 0 Å². The molecule has 0 aromatic heterocycles. The lowest BCUT2D eigenvalue weighted by molar-refractivity contribution is -0.376. The quantitative estimate of drug-likeness (QED) is 0.776. The van der Waals surface area contributed by atoms with E-state index < -0.39 is 23.5 Å². The highest BCUT2D eigenvalue weighted by Gasteiger charge is 2.71. The molecule has 1 N–H and O–H groups in total. The van der Waals surface area contributed by atoms with Crippen molar-refractivity contribution in [3.8, 4) is 0 Å². The lowest BCUT2D eigenvalue weighted by atomic mass is 9.89. The van der Waals surface area contributed by atoms with Gasteiger partial charge in [0.25, 0.3) is 5.60 Å². The van der Waals surface area contributed by atoms with Gasteiger partial charge < -0.3 is 10.0 Å². The number of hydrogen-bond donors (Lipinski definition) is 1. The smallest absolute Gasteiger partial charge is 0.369 e. The van der Waals surface area contributed by atoms with Gasteiger partial charge in [-0.3, -0.25) is 4.99 Å². The van der Waals surface area contributed by atoms with Crippen LogP contribution in [0.4, 0.5) is 32.0 Å². The van der Waals surface area contributed by atoms with Gasteiger partial charge in [-0.05, 0) is 25.0 Å². The summed E-state index contributed by atoms with van der Waals surface area (Å²) in [5.74, 6) is 0.762. The number of rotatable bonds is 2. The van der Waals surface area contributed by atoms with Crippen LogP contribution in [-0.2, 0) is 5.60 Å². The van der Waals surface area contributed by atoms with Crippen LogP contribution in [0.1, 0.15) is 16.7 Å². The third kappa shape index (κ3) is 3.33. The molecule has 0 atom stereocenters. The Morgan fingerprint density at radius 3 is 1.88 bits per heavy atom. The standard InChI is InChI=1S/C15H16F6N2OS/c1-8-6-10(13(24,14(16,17)18)15(19,20)21)7-9(2)11(8)23(3)12-22-4-5-25-12/h6-7,24H,4-5H2,1-3H3. The summed E-state index contributed by atoms with van der Waals surface area (Å²) in [6.07, 6.45) is -11.8. The Bertz CT molecular complexity index is 661. The van der Waals surface area contributed by atoms with Gasteiger partial charge in [0.2, 0.25) is 0 Å². The highest BCUT2D eigenvalue weighted by molar-refractivity contribution is 8.14. The summed E-state index contributed by atoms with van der Waals surface area (Å²) in [5.41, 5.74) is -5.35.